The van der Waals surface area contributed by atoms with Gasteiger partial charge in [0.05, 0.1) is 23.1 Å². The number of carboxylic acids is 1. The molecule has 11 heteroatoms. The number of phenols is 1. The minimum absolute atomic E-state index is 0.0192. The summed E-state index contributed by atoms with van der Waals surface area (Å²) in [6, 6.07) is 3.98. The van der Waals surface area contributed by atoms with Gasteiger partial charge in [0.25, 0.3) is 0 Å². The lowest BCUT2D eigenvalue weighted by molar-refractivity contribution is -0.315. The van der Waals surface area contributed by atoms with Crippen LogP contribution >= 0.6 is 0 Å². The number of phenolic OH excluding ortho intramolecular Hbond substituents is 1. The van der Waals surface area contributed by atoms with Crippen molar-refractivity contribution in [1.82, 2.24) is 0 Å². The minimum atomic E-state index is -1.97. The van der Waals surface area contributed by atoms with Gasteiger partial charge in [0.2, 0.25) is 6.29 Å². The Hall–Kier alpha value is -2.80. The number of Topliss-reactive ketones (excluding diaryl/α,β-unsaturated/α-hetero) is 1. The van der Waals surface area contributed by atoms with Crippen LogP contribution in [0.4, 0.5) is 0 Å². The number of aliphatic hydroxyl groups is 4. The molecule has 0 amide bonds. The van der Waals surface area contributed by atoms with Crippen molar-refractivity contribution in [3.8, 4) is 11.5 Å². The minimum Gasteiger partial charge on any atom is -0.506 e. The highest BCUT2D eigenvalue weighted by Crippen LogP contribution is 2.45. The first-order valence-electron chi connectivity index (χ1n) is 14.6. The molecule has 3 fully saturated rings. The van der Waals surface area contributed by atoms with Gasteiger partial charge in [-0.05, 0) is 80.4 Å². The van der Waals surface area contributed by atoms with E-state index in [1.807, 2.05) is 0 Å². The first kappa shape index (κ1) is 30.7. The van der Waals surface area contributed by atoms with E-state index in [2.05, 4.69) is 0 Å². The molecule has 0 radical (unpaired) electrons. The summed E-state index contributed by atoms with van der Waals surface area (Å²) in [4.78, 5) is 24.1. The second kappa shape index (κ2) is 12.1. The first-order chi connectivity index (χ1) is 20.0. The zero-order chi connectivity index (χ0) is 30.3. The molecular formula is C31H40O11. The molecule has 0 aromatic heterocycles. The monoisotopic (exact) mass is 588 g/mol. The van der Waals surface area contributed by atoms with Gasteiger partial charge in [-0.1, -0.05) is 18.9 Å². The molecule has 8 atom stereocenters. The molecule has 0 bridgehead atoms. The SMILES string of the molecule is CC(=O)c1c(C)cc2cc(C(=O)O)cc(O[C@@H]3O[C@H](CO)[C@](O)(CC[C@@H]4CCC[C@@H]5COCC[C@H]45)[C@H](O)[C@H]3O)c2c1O. The van der Waals surface area contributed by atoms with Crippen molar-refractivity contribution < 1.29 is 54.4 Å². The van der Waals surface area contributed by atoms with Crippen LogP contribution in [0.2, 0.25) is 0 Å². The quantitative estimate of drug-likeness (QED) is 0.249. The van der Waals surface area contributed by atoms with Gasteiger partial charge >= 0.3 is 5.97 Å². The smallest absolute Gasteiger partial charge is 0.335 e. The summed E-state index contributed by atoms with van der Waals surface area (Å²) in [6.07, 6.45) is -1.78. The molecular weight excluding hydrogens is 548 g/mol. The van der Waals surface area contributed by atoms with Gasteiger partial charge < -0.3 is 44.8 Å². The maximum Gasteiger partial charge on any atom is 0.335 e. The third-order valence-corrected chi connectivity index (χ3v) is 9.55. The van der Waals surface area contributed by atoms with Crippen molar-refractivity contribution in [2.24, 2.45) is 17.8 Å². The van der Waals surface area contributed by atoms with Crippen LogP contribution in [0, 0.1) is 24.7 Å². The summed E-state index contributed by atoms with van der Waals surface area (Å²) in [6.45, 7) is 3.64. The van der Waals surface area contributed by atoms with E-state index in [-0.39, 0.29) is 34.1 Å². The number of hydrogen-bond donors (Lipinski definition) is 6. The van der Waals surface area contributed by atoms with Crippen molar-refractivity contribution in [2.45, 2.75) is 82.6 Å². The molecule has 2 heterocycles. The van der Waals surface area contributed by atoms with E-state index in [1.165, 1.54) is 13.0 Å². The molecule has 1 aliphatic carbocycles. The maximum atomic E-state index is 12.3. The molecule has 0 spiro atoms. The highest BCUT2D eigenvalue weighted by Gasteiger charge is 2.55. The number of aryl methyl sites for hydroxylation is 1. The van der Waals surface area contributed by atoms with Crippen LogP contribution in [-0.4, -0.2) is 92.4 Å². The van der Waals surface area contributed by atoms with Gasteiger partial charge in [-0.3, -0.25) is 4.79 Å². The Bertz CT molecular complexity index is 1340. The molecule has 2 aromatic rings. The van der Waals surface area contributed by atoms with Crippen LogP contribution in [0.1, 0.15) is 71.7 Å². The summed E-state index contributed by atoms with van der Waals surface area (Å²) >= 11 is 0. The Morgan fingerprint density at radius 2 is 1.90 bits per heavy atom. The fourth-order valence-corrected chi connectivity index (χ4v) is 7.37. The van der Waals surface area contributed by atoms with E-state index >= 15 is 0 Å². The van der Waals surface area contributed by atoms with Gasteiger partial charge in [-0.2, -0.15) is 0 Å². The Labute approximate surface area is 243 Å². The van der Waals surface area contributed by atoms with E-state index in [1.54, 1.807) is 13.0 Å². The third kappa shape index (κ3) is 5.49. The average Bonchev–Trinajstić information content (AvgIpc) is 2.95. The Balaban J connectivity index is 1.42. The number of carbonyl (C=O) groups excluding carboxylic acids is 1. The molecule has 2 saturated heterocycles. The summed E-state index contributed by atoms with van der Waals surface area (Å²) in [5.74, 6) is -1.10. The zero-order valence-corrected chi connectivity index (χ0v) is 23.9. The summed E-state index contributed by atoms with van der Waals surface area (Å²) in [5, 5.41) is 65.1. The Morgan fingerprint density at radius 1 is 1.14 bits per heavy atom. The van der Waals surface area contributed by atoms with E-state index in [4.69, 9.17) is 14.2 Å². The number of rotatable bonds is 8. The molecule has 230 valence electrons. The molecule has 3 aliphatic rings. The summed E-state index contributed by atoms with van der Waals surface area (Å²) in [5.41, 5.74) is -1.71. The molecule has 42 heavy (non-hydrogen) atoms. The Kier molecular flexibility index (Phi) is 8.80. The van der Waals surface area contributed by atoms with Gasteiger partial charge in [-0.15, -0.1) is 0 Å². The number of carbonyl (C=O) groups is 2. The lowest BCUT2D eigenvalue weighted by Gasteiger charge is -2.49. The molecule has 0 unspecified atom stereocenters. The second-order valence-electron chi connectivity index (χ2n) is 12.1. The van der Waals surface area contributed by atoms with Crippen LogP contribution in [0.5, 0.6) is 11.5 Å². The van der Waals surface area contributed by atoms with E-state index < -0.39 is 54.3 Å². The van der Waals surface area contributed by atoms with E-state index in [9.17, 15) is 40.2 Å². The fraction of sp³-hybridized carbons (Fsp3) is 0.613. The lowest BCUT2D eigenvalue weighted by Crippen LogP contribution is -2.68. The number of aromatic carboxylic acids is 1. The largest absolute Gasteiger partial charge is 0.506 e. The standard InChI is InChI=1S/C31H40O11/c1-15-10-19-11-20(29(37)38)12-22(25(19)26(34)24(15)16(2)33)41-30-27(35)28(36)31(39,23(13-32)42-30)8-6-17-4-3-5-18-14-40-9-7-21(17)18/h10-12,17-18,21,23,27-28,30,32,34-36,39H,3-9,13-14H2,1-2H3,(H,37,38)/t17-,18+,21+,23+,27+,28+,30+,31+/m0/s1. The Morgan fingerprint density at radius 3 is 2.60 bits per heavy atom. The second-order valence-corrected chi connectivity index (χ2v) is 12.1. The highest BCUT2D eigenvalue weighted by molar-refractivity contribution is 6.08. The molecule has 2 aliphatic heterocycles. The predicted octanol–water partition coefficient (Wildman–Crippen LogP) is 2.54. The van der Waals surface area contributed by atoms with Gasteiger partial charge in [0, 0.05) is 13.2 Å². The van der Waals surface area contributed by atoms with Crippen LogP contribution in [0.15, 0.2) is 18.2 Å². The summed E-state index contributed by atoms with van der Waals surface area (Å²) in [7, 11) is 0. The number of fused-ring (bicyclic) bond motifs is 2. The van der Waals surface area contributed by atoms with Gasteiger partial charge in [0.1, 0.15) is 35.4 Å². The number of carboxylic acid groups (broad SMARTS) is 1. The normalized spacial score (nSPS) is 33.2. The fourth-order valence-electron chi connectivity index (χ4n) is 7.37. The van der Waals surface area contributed by atoms with Crippen LogP contribution in [0.25, 0.3) is 10.8 Å². The number of hydrogen-bond acceptors (Lipinski definition) is 10. The molecule has 5 rings (SSSR count). The molecule has 2 aromatic carbocycles. The van der Waals surface area contributed by atoms with E-state index in [0.29, 0.717) is 36.3 Å². The number of ether oxygens (including phenoxy) is 3. The van der Waals surface area contributed by atoms with Gasteiger partial charge in [-0.25, -0.2) is 4.79 Å². The third-order valence-electron chi connectivity index (χ3n) is 9.55. The predicted molar refractivity (Wildman–Crippen MR) is 150 cm³/mol. The van der Waals surface area contributed by atoms with Crippen molar-refractivity contribution in [3.63, 3.8) is 0 Å². The van der Waals surface area contributed by atoms with Crippen molar-refractivity contribution >= 4 is 22.5 Å². The highest BCUT2D eigenvalue weighted by atomic mass is 16.7. The molecule has 11 nitrogen and oxygen atoms in total. The van der Waals surface area contributed by atoms with Crippen molar-refractivity contribution in [3.05, 3.63) is 34.9 Å². The topological polar surface area (TPSA) is 183 Å². The maximum absolute atomic E-state index is 12.3. The number of benzene rings is 2. The molecule has 1 saturated carbocycles. The number of aromatic hydroxyl groups is 1. The van der Waals surface area contributed by atoms with Crippen LogP contribution in [0.3, 0.4) is 0 Å². The number of aliphatic hydroxyl groups excluding tert-OH is 3. The van der Waals surface area contributed by atoms with Crippen LogP contribution < -0.4 is 4.74 Å². The average molecular weight is 589 g/mol. The van der Waals surface area contributed by atoms with E-state index in [0.717, 1.165) is 38.4 Å². The first-order valence-corrected chi connectivity index (χ1v) is 14.6. The lowest BCUT2D eigenvalue weighted by atomic mass is 9.67. The van der Waals surface area contributed by atoms with Crippen LogP contribution in [-0.2, 0) is 9.47 Å². The zero-order valence-electron chi connectivity index (χ0n) is 23.9. The van der Waals surface area contributed by atoms with Crippen molar-refractivity contribution in [1.29, 1.82) is 0 Å². The molecule has 6 N–H and O–H groups in total. The summed E-state index contributed by atoms with van der Waals surface area (Å²) < 4.78 is 17.4. The van der Waals surface area contributed by atoms with Crippen molar-refractivity contribution in [2.75, 3.05) is 19.8 Å². The van der Waals surface area contributed by atoms with Gasteiger partial charge in [0.15, 0.2) is 5.78 Å². The number of ketones is 1.